The number of ether oxygens (including phenoxy) is 1. The summed E-state index contributed by atoms with van der Waals surface area (Å²) in [5, 5.41) is 2.67. The highest BCUT2D eigenvalue weighted by molar-refractivity contribution is 7.91. The van der Waals surface area contributed by atoms with E-state index in [2.05, 4.69) is 5.32 Å². The van der Waals surface area contributed by atoms with Gasteiger partial charge in [0.2, 0.25) is 5.91 Å². The minimum absolute atomic E-state index is 0.173. The van der Waals surface area contributed by atoms with E-state index >= 15 is 0 Å². The Labute approximate surface area is 179 Å². The van der Waals surface area contributed by atoms with Crippen LogP contribution in [0.1, 0.15) is 23.0 Å². The maximum absolute atomic E-state index is 12.4. The van der Waals surface area contributed by atoms with Gasteiger partial charge in [-0.15, -0.1) is 11.3 Å². The number of hydrogen-bond acceptors (Lipinski definition) is 6. The van der Waals surface area contributed by atoms with E-state index in [1.54, 1.807) is 31.2 Å². The van der Waals surface area contributed by atoms with E-state index in [9.17, 15) is 18.0 Å². The van der Waals surface area contributed by atoms with Crippen molar-refractivity contribution in [1.82, 2.24) is 0 Å². The minimum Gasteiger partial charge on any atom is -0.462 e. The number of thiophene rings is 1. The van der Waals surface area contributed by atoms with Crippen molar-refractivity contribution in [3.8, 4) is 10.4 Å². The average Bonchev–Trinajstić information content (AvgIpc) is 3.18. The van der Waals surface area contributed by atoms with Gasteiger partial charge < -0.3 is 10.1 Å². The highest BCUT2D eigenvalue weighted by Gasteiger charge is 2.21. The molecule has 0 aliphatic carbocycles. The van der Waals surface area contributed by atoms with Crippen LogP contribution in [0.2, 0.25) is 0 Å². The number of carbonyl (C=O) groups is 2. The van der Waals surface area contributed by atoms with Gasteiger partial charge in [-0.2, -0.15) is 0 Å². The van der Waals surface area contributed by atoms with E-state index in [0.717, 1.165) is 10.4 Å². The normalized spacial score (nSPS) is 11.1. The molecule has 3 aromatic rings. The fraction of sp³-hybridized carbons (Fsp3) is 0.182. The summed E-state index contributed by atoms with van der Waals surface area (Å²) in [6.45, 7) is 1.91. The van der Waals surface area contributed by atoms with Crippen LogP contribution in [0.5, 0.6) is 0 Å². The number of esters is 1. The highest BCUT2D eigenvalue weighted by atomic mass is 32.2. The second-order valence-corrected chi connectivity index (χ2v) is 9.53. The first-order valence-electron chi connectivity index (χ1n) is 9.34. The van der Waals surface area contributed by atoms with Crippen LogP contribution < -0.4 is 5.32 Å². The van der Waals surface area contributed by atoms with Gasteiger partial charge in [0.1, 0.15) is 4.88 Å². The van der Waals surface area contributed by atoms with Gasteiger partial charge in [0.15, 0.2) is 9.84 Å². The van der Waals surface area contributed by atoms with Crippen LogP contribution in [0, 0.1) is 0 Å². The maximum Gasteiger partial charge on any atom is 0.350 e. The number of rotatable bonds is 8. The molecule has 3 rings (SSSR count). The molecular weight excluding hydrogens is 422 g/mol. The molecule has 0 bridgehead atoms. The van der Waals surface area contributed by atoms with Crippen LogP contribution in [0.15, 0.2) is 71.6 Å². The monoisotopic (exact) mass is 443 g/mol. The zero-order valence-corrected chi connectivity index (χ0v) is 18.0. The molecule has 1 aromatic heterocycles. The number of amides is 1. The van der Waals surface area contributed by atoms with Crippen molar-refractivity contribution in [2.45, 2.75) is 18.2 Å². The molecule has 0 aliphatic rings. The first-order valence-corrected chi connectivity index (χ1v) is 11.8. The number of carbonyl (C=O) groups excluding carboxylic acids is 2. The molecule has 0 radical (unpaired) electrons. The molecule has 2 aromatic carbocycles. The second kappa shape index (κ2) is 9.69. The number of hydrogen-bond donors (Lipinski definition) is 1. The lowest BCUT2D eigenvalue weighted by atomic mass is 10.2. The van der Waals surface area contributed by atoms with E-state index in [1.807, 2.05) is 30.3 Å². The Morgan fingerprint density at radius 3 is 2.27 bits per heavy atom. The van der Waals surface area contributed by atoms with Crippen molar-refractivity contribution in [3.63, 3.8) is 0 Å². The number of anilines is 1. The van der Waals surface area contributed by atoms with Crippen molar-refractivity contribution in [2.24, 2.45) is 0 Å². The van der Waals surface area contributed by atoms with Crippen LogP contribution >= 0.6 is 11.3 Å². The molecule has 156 valence electrons. The minimum atomic E-state index is -3.57. The number of sulfone groups is 1. The zero-order chi connectivity index (χ0) is 21.6. The Morgan fingerprint density at radius 1 is 1.00 bits per heavy atom. The molecule has 8 heteroatoms. The third-order valence-electron chi connectivity index (χ3n) is 4.23. The van der Waals surface area contributed by atoms with Crippen molar-refractivity contribution in [1.29, 1.82) is 0 Å². The van der Waals surface area contributed by atoms with Gasteiger partial charge in [0, 0.05) is 11.3 Å². The lowest BCUT2D eigenvalue weighted by Gasteiger charge is -2.07. The predicted molar refractivity (Wildman–Crippen MR) is 117 cm³/mol. The Morgan fingerprint density at radius 2 is 1.63 bits per heavy atom. The van der Waals surface area contributed by atoms with Gasteiger partial charge in [-0.05, 0) is 30.7 Å². The third kappa shape index (κ3) is 5.34. The molecule has 0 atom stereocenters. The molecule has 6 nitrogen and oxygen atoms in total. The lowest BCUT2D eigenvalue weighted by molar-refractivity contribution is -0.115. The van der Waals surface area contributed by atoms with E-state index < -0.39 is 21.7 Å². The summed E-state index contributed by atoms with van der Waals surface area (Å²) in [7, 11) is -3.57. The maximum atomic E-state index is 12.4. The summed E-state index contributed by atoms with van der Waals surface area (Å²) in [6.07, 6.45) is -0.226. The van der Waals surface area contributed by atoms with Gasteiger partial charge in [0.25, 0.3) is 0 Å². The van der Waals surface area contributed by atoms with Gasteiger partial charge in [0.05, 0.1) is 22.9 Å². The molecule has 0 spiro atoms. The van der Waals surface area contributed by atoms with Crippen molar-refractivity contribution < 1.29 is 22.7 Å². The van der Waals surface area contributed by atoms with Crippen LogP contribution in [-0.2, 0) is 19.4 Å². The van der Waals surface area contributed by atoms with E-state index in [0.29, 0.717) is 5.69 Å². The predicted octanol–water partition coefficient (Wildman–Crippen LogP) is 4.39. The van der Waals surface area contributed by atoms with Crippen LogP contribution in [0.3, 0.4) is 0 Å². The summed E-state index contributed by atoms with van der Waals surface area (Å²) in [5.74, 6) is -1.35. The van der Waals surface area contributed by atoms with Gasteiger partial charge in [-0.1, -0.05) is 48.5 Å². The summed E-state index contributed by atoms with van der Waals surface area (Å²) in [6, 6.07) is 19.1. The molecule has 1 N–H and O–H groups in total. The summed E-state index contributed by atoms with van der Waals surface area (Å²) >= 11 is 1.22. The first kappa shape index (κ1) is 21.7. The lowest BCUT2D eigenvalue weighted by Crippen LogP contribution is -2.18. The molecule has 1 amide bonds. The van der Waals surface area contributed by atoms with Crippen LogP contribution in [0.25, 0.3) is 10.4 Å². The fourth-order valence-corrected chi connectivity index (χ4v) is 5.04. The SMILES string of the molecule is CCOC(=O)c1sc(-c2ccccc2)cc1NC(=O)CCS(=O)(=O)c1ccccc1. The molecule has 0 unspecified atom stereocenters. The summed E-state index contributed by atoms with van der Waals surface area (Å²) in [4.78, 5) is 26.0. The third-order valence-corrected chi connectivity index (χ3v) is 7.12. The standard InChI is InChI=1S/C22H21NO5S2/c1-2-28-22(25)21-18(15-19(29-21)16-9-5-3-6-10-16)23-20(24)13-14-30(26,27)17-11-7-4-8-12-17/h3-12,15H,2,13-14H2,1H3,(H,23,24). The first-order chi connectivity index (χ1) is 14.4. The quantitative estimate of drug-likeness (QED) is 0.522. The van der Waals surface area contributed by atoms with E-state index in [1.165, 1.54) is 23.5 Å². The molecule has 0 fully saturated rings. The number of nitrogens with one attached hydrogen (secondary N) is 1. The molecule has 0 saturated heterocycles. The summed E-state index contributed by atoms with van der Waals surface area (Å²) in [5.41, 5.74) is 1.22. The average molecular weight is 444 g/mol. The molecule has 0 aliphatic heterocycles. The highest BCUT2D eigenvalue weighted by Crippen LogP contribution is 2.35. The molecule has 1 heterocycles. The van der Waals surface area contributed by atoms with E-state index in [4.69, 9.17) is 4.74 Å². The second-order valence-electron chi connectivity index (χ2n) is 6.37. The van der Waals surface area contributed by atoms with Crippen molar-refractivity contribution in [2.75, 3.05) is 17.7 Å². The number of benzene rings is 2. The van der Waals surface area contributed by atoms with Gasteiger partial charge in [-0.25, -0.2) is 13.2 Å². The largest absolute Gasteiger partial charge is 0.462 e. The van der Waals surface area contributed by atoms with Crippen LogP contribution in [-0.4, -0.2) is 32.7 Å². The fourth-order valence-electron chi connectivity index (χ4n) is 2.76. The zero-order valence-electron chi connectivity index (χ0n) is 16.3. The summed E-state index contributed by atoms with van der Waals surface area (Å²) < 4.78 is 29.9. The van der Waals surface area contributed by atoms with Gasteiger partial charge >= 0.3 is 5.97 Å². The Hall–Kier alpha value is -2.97. The molecular formula is C22H21NO5S2. The topological polar surface area (TPSA) is 89.5 Å². The Balaban J connectivity index is 1.76. The Kier molecular flexibility index (Phi) is 7.02. The molecule has 0 saturated carbocycles. The Bertz CT molecular complexity index is 1120. The smallest absolute Gasteiger partial charge is 0.350 e. The van der Waals surface area contributed by atoms with Crippen LogP contribution in [0.4, 0.5) is 5.69 Å². The van der Waals surface area contributed by atoms with E-state index in [-0.39, 0.29) is 28.6 Å². The molecule has 30 heavy (non-hydrogen) atoms. The van der Waals surface area contributed by atoms with Gasteiger partial charge in [-0.3, -0.25) is 4.79 Å². The van der Waals surface area contributed by atoms with Crippen molar-refractivity contribution >= 4 is 38.7 Å². The van der Waals surface area contributed by atoms with Crippen molar-refractivity contribution in [3.05, 3.63) is 71.6 Å².